The van der Waals surface area contributed by atoms with Crippen LogP contribution in [0.1, 0.15) is 32.6 Å². The summed E-state index contributed by atoms with van der Waals surface area (Å²) in [5.74, 6) is -0.211. The fourth-order valence-electron chi connectivity index (χ4n) is 3.06. The number of fused-ring (bicyclic) bond motifs is 1. The zero-order chi connectivity index (χ0) is 16.9. The maximum absolute atomic E-state index is 13.0. The minimum atomic E-state index is -0.216. The Labute approximate surface area is 141 Å². The van der Waals surface area contributed by atoms with Crippen molar-refractivity contribution in [2.75, 3.05) is 0 Å². The van der Waals surface area contributed by atoms with Crippen molar-refractivity contribution in [1.29, 1.82) is 0 Å². The zero-order valence-corrected chi connectivity index (χ0v) is 13.9. The van der Waals surface area contributed by atoms with Crippen molar-refractivity contribution in [3.05, 3.63) is 65.2 Å². The summed E-state index contributed by atoms with van der Waals surface area (Å²) >= 11 is 0. The molecule has 1 aromatic carbocycles. The fraction of sp³-hybridized carbons (Fsp3) is 0.300. The van der Waals surface area contributed by atoms with Crippen LogP contribution in [0.5, 0.6) is 5.75 Å². The van der Waals surface area contributed by atoms with Gasteiger partial charge in [-0.05, 0) is 23.6 Å². The van der Waals surface area contributed by atoms with Gasteiger partial charge in [-0.15, -0.1) is 0 Å². The van der Waals surface area contributed by atoms with Gasteiger partial charge in [0.05, 0.1) is 5.52 Å². The summed E-state index contributed by atoms with van der Waals surface area (Å²) < 4.78 is 3.38. The Balaban J connectivity index is 2.17. The summed E-state index contributed by atoms with van der Waals surface area (Å²) in [6.45, 7) is 2.80. The van der Waals surface area contributed by atoms with E-state index >= 15 is 0 Å². The van der Waals surface area contributed by atoms with Gasteiger partial charge in [0.2, 0.25) is 0 Å². The van der Waals surface area contributed by atoms with E-state index in [-0.39, 0.29) is 17.0 Å². The highest BCUT2D eigenvalue weighted by atomic mass is 16.3. The zero-order valence-electron chi connectivity index (χ0n) is 13.9. The third-order valence-electron chi connectivity index (χ3n) is 4.31. The number of pyridine rings is 2. The number of rotatable bonds is 6. The first-order valence-electron chi connectivity index (χ1n) is 8.53. The van der Waals surface area contributed by atoms with Gasteiger partial charge in [0.15, 0.2) is 12.4 Å². The van der Waals surface area contributed by atoms with Gasteiger partial charge in [-0.3, -0.25) is 4.79 Å². The lowest BCUT2D eigenvalue weighted by atomic mass is 10.1. The van der Waals surface area contributed by atoms with Crippen molar-refractivity contribution < 1.29 is 9.67 Å². The Morgan fingerprint density at radius 3 is 2.50 bits per heavy atom. The van der Waals surface area contributed by atoms with Crippen molar-refractivity contribution in [2.45, 2.75) is 39.2 Å². The average molecular weight is 322 g/mol. The second-order valence-electron chi connectivity index (χ2n) is 6.00. The molecule has 0 fully saturated rings. The molecule has 0 amide bonds. The molecule has 2 heterocycles. The second kappa shape index (κ2) is 7.30. The number of hydrogen-bond acceptors (Lipinski definition) is 2. The van der Waals surface area contributed by atoms with E-state index in [0.717, 1.165) is 31.2 Å². The highest BCUT2D eigenvalue weighted by molar-refractivity contribution is 5.87. The highest BCUT2D eigenvalue weighted by Crippen LogP contribution is 2.24. The number of aryl methyl sites for hydroxylation is 1. The number of benzene rings is 1. The quantitative estimate of drug-likeness (QED) is 0.517. The average Bonchev–Trinajstić information content (AvgIpc) is 2.62. The Bertz CT molecular complexity index is 885. The molecule has 0 saturated heterocycles. The molecule has 0 unspecified atom stereocenters. The van der Waals surface area contributed by atoms with Crippen LogP contribution < -0.4 is 15.2 Å². The largest absolute Gasteiger partial charge is 0.867 e. The maximum Gasteiger partial charge on any atom is 0.322 e. The van der Waals surface area contributed by atoms with Crippen LogP contribution in [0.4, 0.5) is 0 Å². The molecule has 0 atom stereocenters. The van der Waals surface area contributed by atoms with Gasteiger partial charge in [-0.1, -0.05) is 50.5 Å². The van der Waals surface area contributed by atoms with E-state index in [2.05, 4.69) is 6.92 Å². The van der Waals surface area contributed by atoms with Crippen LogP contribution >= 0.6 is 0 Å². The molecule has 0 radical (unpaired) electrons. The lowest BCUT2D eigenvalue weighted by molar-refractivity contribution is -0.601. The van der Waals surface area contributed by atoms with Crippen molar-refractivity contribution >= 4 is 10.9 Å². The molecule has 0 spiro atoms. The van der Waals surface area contributed by atoms with Crippen LogP contribution in [-0.4, -0.2) is 4.57 Å². The first-order chi connectivity index (χ1) is 11.7. The summed E-state index contributed by atoms with van der Waals surface area (Å²) in [5.41, 5.74) is 0.709. The molecule has 4 nitrogen and oxygen atoms in total. The second-order valence-corrected chi connectivity index (χ2v) is 6.00. The molecular weight excluding hydrogens is 300 g/mol. The van der Waals surface area contributed by atoms with Crippen LogP contribution in [-0.2, 0) is 6.54 Å². The van der Waals surface area contributed by atoms with E-state index in [4.69, 9.17) is 0 Å². The number of unbranched alkanes of at least 4 members (excludes halogenated alkanes) is 3. The molecule has 3 rings (SSSR count). The predicted molar refractivity (Wildman–Crippen MR) is 93.3 cm³/mol. The first-order valence-corrected chi connectivity index (χ1v) is 8.53. The van der Waals surface area contributed by atoms with Crippen molar-refractivity contribution in [3.63, 3.8) is 0 Å². The van der Waals surface area contributed by atoms with Crippen LogP contribution in [0.15, 0.2) is 59.7 Å². The number of nitrogens with zero attached hydrogens (tertiary/aromatic N) is 2. The molecular formula is C20H22N2O2. The van der Waals surface area contributed by atoms with Gasteiger partial charge in [-0.25, -0.2) is 0 Å². The summed E-state index contributed by atoms with van der Waals surface area (Å²) in [7, 11) is 0. The Kier molecular flexibility index (Phi) is 4.94. The van der Waals surface area contributed by atoms with Gasteiger partial charge >= 0.3 is 5.56 Å². The van der Waals surface area contributed by atoms with E-state index in [1.54, 1.807) is 27.6 Å². The molecule has 0 saturated carbocycles. The molecule has 0 bridgehead atoms. The minimum absolute atomic E-state index is 0.199. The number of aromatic nitrogens is 2. The van der Waals surface area contributed by atoms with E-state index < -0.39 is 0 Å². The molecule has 0 aliphatic carbocycles. The molecule has 24 heavy (non-hydrogen) atoms. The molecule has 4 heteroatoms. The van der Waals surface area contributed by atoms with Crippen LogP contribution in [0.3, 0.4) is 0 Å². The van der Waals surface area contributed by atoms with Crippen molar-refractivity contribution in [1.82, 2.24) is 4.57 Å². The van der Waals surface area contributed by atoms with Crippen LogP contribution in [0, 0.1) is 0 Å². The minimum Gasteiger partial charge on any atom is -0.867 e. The number of para-hydroxylation sites is 1. The molecule has 2 aromatic heterocycles. The topological polar surface area (TPSA) is 48.9 Å². The Hall–Kier alpha value is -2.62. The summed E-state index contributed by atoms with van der Waals surface area (Å²) in [6, 6.07) is 12.9. The third kappa shape index (κ3) is 3.04. The molecule has 0 N–H and O–H groups in total. The van der Waals surface area contributed by atoms with E-state index in [1.807, 2.05) is 36.4 Å². The standard InChI is InChI=1S/C20H22N2O2/c1-2-3-4-10-15-22-17-12-7-6-11-16(17)19(23)18(20(22)24)21-13-8-5-9-14-21/h5-9,11-14H,2-4,10,15H2,1H3. The summed E-state index contributed by atoms with van der Waals surface area (Å²) in [6.07, 6.45) is 7.83. The number of hydrogen-bond donors (Lipinski definition) is 0. The van der Waals surface area contributed by atoms with Gasteiger partial charge in [0.1, 0.15) is 0 Å². The molecule has 3 aromatic rings. The van der Waals surface area contributed by atoms with E-state index in [0.29, 0.717) is 11.9 Å². The van der Waals surface area contributed by atoms with Gasteiger partial charge in [-0.2, -0.15) is 4.57 Å². The summed E-state index contributed by atoms with van der Waals surface area (Å²) in [4.78, 5) is 13.0. The lowest BCUT2D eigenvalue weighted by Crippen LogP contribution is -2.40. The lowest BCUT2D eigenvalue weighted by Gasteiger charge is -2.17. The highest BCUT2D eigenvalue weighted by Gasteiger charge is 2.18. The third-order valence-corrected chi connectivity index (χ3v) is 4.31. The van der Waals surface area contributed by atoms with Gasteiger partial charge in [0.25, 0.3) is 5.69 Å². The monoisotopic (exact) mass is 322 g/mol. The Morgan fingerprint density at radius 1 is 1.00 bits per heavy atom. The first kappa shape index (κ1) is 16.2. The molecule has 124 valence electrons. The van der Waals surface area contributed by atoms with Crippen molar-refractivity contribution in [3.8, 4) is 11.4 Å². The maximum atomic E-state index is 13.0. The summed E-state index contributed by atoms with van der Waals surface area (Å²) in [5, 5.41) is 13.4. The van der Waals surface area contributed by atoms with E-state index in [9.17, 15) is 9.90 Å². The van der Waals surface area contributed by atoms with E-state index in [1.165, 1.54) is 0 Å². The SMILES string of the molecule is CCCCCCn1c(=O)c(-[n+]2ccccc2)c([O-])c2ccccc21. The fourth-order valence-corrected chi connectivity index (χ4v) is 3.06. The normalized spacial score (nSPS) is 11.0. The van der Waals surface area contributed by atoms with Gasteiger partial charge < -0.3 is 9.67 Å². The van der Waals surface area contributed by atoms with Crippen LogP contribution in [0.25, 0.3) is 16.6 Å². The Morgan fingerprint density at radius 2 is 1.75 bits per heavy atom. The predicted octanol–water partition coefficient (Wildman–Crippen LogP) is 2.93. The smallest absolute Gasteiger partial charge is 0.322 e. The molecule has 0 aliphatic heterocycles. The van der Waals surface area contributed by atoms with Gasteiger partial charge in [0, 0.05) is 18.7 Å². The van der Waals surface area contributed by atoms with Crippen LogP contribution in [0.2, 0.25) is 0 Å². The van der Waals surface area contributed by atoms with Crippen molar-refractivity contribution in [2.24, 2.45) is 0 Å². The molecule has 0 aliphatic rings.